The van der Waals surface area contributed by atoms with Crippen molar-refractivity contribution in [2.24, 2.45) is 16.7 Å². The number of unbranched alkanes of at least 4 members (excludes halogenated alkanes) is 8. The first-order valence-corrected chi connectivity index (χ1v) is 12.8. The minimum absolute atomic E-state index is 0.232. The first-order valence-electron chi connectivity index (χ1n) is 12.8. The molecule has 2 saturated heterocycles. The highest BCUT2D eigenvalue weighted by Gasteiger charge is 2.79. The van der Waals surface area contributed by atoms with Crippen LogP contribution in [0.15, 0.2) is 0 Å². The van der Waals surface area contributed by atoms with Crippen molar-refractivity contribution in [2.45, 2.75) is 122 Å². The molecule has 32 heavy (non-hydrogen) atoms. The molecular formula is C26H38N4O2. The van der Waals surface area contributed by atoms with Gasteiger partial charge in [0.15, 0.2) is 10.8 Å². The van der Waals surface area contributed by atoms with Crippen LogP contribution in [0, 0.1) is 56.2 Å². The van der Waals surface area contributed by atoms with Gasteiger partial charge < -0.3 is 9.47 Å². The van der Waals surface area contributed by atoms with Gasteiger partial charge in [0.2, 0.25) is 11.7 Å². The number of hydrogen-bond acceptors (Lipinski definition) is 6. The maximum atomic E-state index is 10.4. The molecule has 3 aliphatic rings. The third-order valence-electron chi connectivity index (χ3n) is 8.00. The van der Waals surface area contributed by atoms with E-state index >= 15 is 0 Å². The zero-order valence-corrected chi connectivity index (χ0v) is 19.6. The molecule has 6 nitrogen and oxygen atoms in total. The molecule has 174 valence electrons. The van der Waals surface area contributed by atoms with Crippen molar-refractivity contribution in [2.75, 3.05) is 0 Å². The van der Waals surface area contributed by atoms with Crippen LogP contribution in [-0.4, -0.2) is 17.8 Å². The van der Waals surface area contributed by atoms with Crippen LogP contribution in [0.4, 0.5) is 0 Å². The van der Waals surface area contributed by atoms with Crippen LogP contribution < -0.4 is 0 Å². The van der Waals surface area contributed by atoms with E-state index in [-0.39, 0.29) is 5.90 Å². The molecule has 0 aromatic heterocycles. The average Bonchev–Trinajstić information content (AvgIpc) is 2.96. The van der Waals surface area contributed by atoms with Crippen molar-refractivity contribution in [3.05, 3.63) is 0 Å². The Bertz CT molecular complexity index is 777. The Kier molecular flexibility index (Phi) is 8.19. The number of nitriles is 3. The summed E-state index contributed by atoms with van der Waals surface area (Å²) in [6.07, 6.45) is 15.7. The molecule has 1 saturated carbocycles. The molecule has 4 unspecified atom stereocenters. The molecule has 3 rings (SSSR count). The Balaban J connectivity index is 1.73. The fourth-order valence-corrected chi connectivity index (χ4v) is 6.23. The molecule has 0 amide bonds. The van der Waals surface area contributed by atoms with E-state index in [4.69, 9.17) is 14.9 Å². The summed E-state index contributed by atoms with van der Waals surface area (Å²) in [5.74, 6) is -1.70. The van der Waals surface area contributed by atoms with Crippen LogP contribution in [0.3, 0.4) is 0 Å². The van der Waals surface area contributed by atoms with Crippen LogP contribution in [-0.2, 0) is 9.47 Å². The van der Waals surface area contributed by atoms with Gasteiger partial charge in [0, 0.05) is 6.42 Å². The predicted molar refractivity (Wildman–Crippen MR) is 121 cm³/mol. The summed E-state index contributed by atoms with van der Waals surface area (Å²) in [7, 11) is 0. The van der Waals surface area contributed by atoms with E-state index < -0.39 is 28.6 Å². The van der Waals surface area contributed by atoms with Crippen molar-refractivity contribution in [3.63, 3.8) is 0 Å². The largest absolute Gasteiger partial charge is 0.447 e. The average molecular weight is 439 g/mol. The Morgan fingerprint density at radius 1 is 0.875 bits per heavy atom. The van der Waals surface area contributed by atoms with Crippen molar-refractivity contribution in [1.29, 1.82) is 21.2 Å². The lowest BCUT2D eigenvalue weighted by Gasteiger charge is -2.50. The van der Waals surface area contributed by atoms with Crippen molar-refractivity contribution >= 4 is 5.90 Å². The SMILES string of the molecule is CCCCCCCCCCCC1OC23CCCCCCC2C(C#N)(C(=N)O3)C1(C#N)C#N. The number of nitrogens with zero attached hydrogens (tertiary/aromatic N) is 3. The third kappa shape index (κ3) is 4.02. The Morgan fingerprint density at radius 2 is 1.50 bits per heavy atom. The second-order valence-electron chi connectivity index (χ2n) is 9.92. The fourth-order valence-electron chi connectivity index (χ4n) is 6.23. The predicted octanol–water partition coefficient (Wildman–Crippen LogP) is 6.52. The molecule has 2 heterocycles. The highest BCUT2D eigenvalue weighted by molar-refractivity contribution is 5.89. The van der Waals surface area contributed by atoms with Gasteiger partial charge in [-0.3, -0.25) is 5.41 Å². The molecule has 6 heteroatoms. The van der Waals surface area contributed by atoms with E-state index in [0.717, 1.165) is 44.9 Å². The van der Waals surface area contributed by atoms with Gasteiger partial charge in [0.1, 0.15) is 0 Å². The number of nitrogens with one attached hydrogen (secondary N) is 1. The highest BCUT2D eigenvalue weighted by atomic mass is 16.7. The van der Waals surface area contributed by atoms with Gasteiger partial charge >= 0.3 is 0 Å². The standard InChI is InChI=1S/C26H38N4O2/c1-2-3-4-5-6-7-8-9-13-16-22-24(18-27,19-28)25(20-29)21-15-12-10-11-14-17-26(21,31-22)32-23(25)30/h21-22,30H,2-17H2,1H3. The summed E-state index contributed by atoms with van der Waals surface area (Å²) in [5.41, 5.74) is -3.25. The van der Waals surface area contributed by atoms with Gasteiger partial charge in [0.25, 0.3) is 0 Å². The normalized spacial score (nSPS) is 33.0. The summed E-state index contributed by atoms with van der Waals surface area (Å²) in [4.78, 5) is 0. The molecule has 2 aliphatic heterocycles. The van der Waals surface area contributed by atoms with Crippen LogP contribution in [0.2, 0.25) is 0 Å². The molecule has 1 N–H and O–H groups in total. The van der Waals surface area contributed by atoms with Crippen molar-refractivity contribution < 1.29 is 9.47 Å². The second-order valence-corrected chi connectivity index (χ2v) is 9.92. The highest BCUT2D eigenvalue weighted by Crippen LogP contribution is 2.65. The second kappa shape index (κ2) is 10.7. The zero-order valence-electron chi connectivity index (χ0n) is 19.6. The summed E-state index contributed by atoms with van der Waals surface area (Å²) in [5, 5.41) is 39.5. The number of ether oxygens (including phenoxy) is 2. The monoisotopic (exact) mass is 438 g/mol. The molecule has 2 bridgehead atoms. The zero-order chi connectivity index (χ0) is 23.1. The Hall–Kier alpha value is -2.10. The Labute approximate surface area is 193 Å². The van der Waals surface area contributed by atoms with Crippen molar-refractivity contribution in [1.82, 2.24) is 0 Å². The van der Waals surface area contributed by atoms with Gasteiger partial charge in [-0.2, -0.15) is 15.8 Å². The molecule has 1 aliphatic carbocycles. The van der Waals surface area contributed by atoms with E-state index in [1.807, 2.05) is 0 Å². The van der Waals surface area contributed by atoms with E-state index in [0.29, 0.717) is 19.3 Å². The lowest BCUT2D eigenvalue weighted by molar-refractivity contribution is -0.287. The fraction of sp³-hybridized carbons (Fsp3) is 0.846. The first-order chi connectivity index (χ1) is 15.6. The molecular weight excluding hydrogens is 400 g/mol. The van der Waals surface area contributed by atoms with Gasteiger partial charge in [-0.25, -0.2) is 0 Å². The van der Waals surface area contributed by atoms with E-state index in [1.54, 1.807) is 0 Å². The van der Waals surface area contributed by atoms with Crippen LogP contribution in [0.5, 0.6) is 0 Å². The molecule has 0 spiro atoms. The smallest absolute Gasteiger partial charge is 0.217 e. The summed E-state index contributed by atoms with van der Waals surface area (Å²) >= 11 is 0. The summed E-state index contributed by atoms with van der Waals surface area (Å²) in [6.45, 7) is 2.23. The topological polar surface area (TPSA) is 114 Å². The van der Waals surface area contributed by atoms with Crippen LogP contribution in [0.1, 0.15) is 110 Å². The first kappa shape index (κ1) is 24.5. The van der Waals surface area contributed by atoms with Gasteiger partial charge in [0.05, 0.1) is 30.2 Å². The molecule has 3 fully saturated rings. The lowest BCUT2D eigenvalue weighted by Crippen LogP contribution is -2.62. The van der Waals surface area contributed by atoms with E-state index in [1.165, 1.54) is 38.5 Å². The van der Waals surface area contributed by atoms with E-state index in [9.17, 15) is 15.8 Å². The van der Waals surface area contributed by atoms with Gasteiger partial charge in [-0.1, -0.05) is 84.0 Å². The summed E-state index contributed by atoms with van der Waals surface area (Å²) in [6, 6.07) is 6.65. The minimum Gasteiger partial charge on any atom is -0.447 e. The lowest BCUT2D eigenvalue weighted by atomic mass is 9.52. The molecule has 0 aromatic rings. The van der Waals surface area contributed by atoms with Crippen molar-refractivity contribution in [3.8, 4) is 18.2 Å². The maximum Gasteiger partial charge on any atom is 0.217 e. The maximum absolute atomic E-state index is 10.4. The van der Waals surface area contributed by atoms with Gasteiger partial charge in [-0.05, 0) is 19.3 Å². The minimum atomic E-state index is -1.71. The van der Waals surface area contributed by atoms with Crippen LogP contribution in [0.25, 0.3) is 0 Å². The molecule has 0 aromatic carbocycles. The number of hydrogen-bond donors (Lipinski definition) is 1. The van der Waals surface area contributed by atoms with E-state index in [2.05, 4.69) is 25.1 Å². The Morgan fingerprint density at radius 3 is 2.12 bits per heavy atom. The third-order valence-corrected chi connectivity index (χ3v) is 8.00. The summed E-state index contributed by atoms with van der Waals surface area (Å²) < 4.78 is 12.5. The van der Waals surface area contributed by atoms with Crippen LogP contribution >= 0.6 is 0 Å². The van der Waals surface area contributed by atoms with Gasteiger partial charge in [-0.15, -0.1) is 0 Å². The number of rotatable bonds is 10. The molecule has 4 atom stereocenters. The quantitative estimate of drug-likeness (QED) is 0.390. The molecule has 0 radical (unpaired) electrons.